The lowest BCUT2D eigenvalue weighted by Gasteiger charge is -2.07. The second-order valence-electron chi connectivity index (χ2n) is 4.38. The zero-order chi connectivity index (χ0) is 15.0. The number of nitrogens with zero attached hydrogens (tertiary/aromatic N) is 3. The number of hydrogen-bond acceptors (Lipinski definition) is 3. The molecule has 3 rings (SSSR count). The van der Waals surface area contributed by atoms with E-state index in [1.54, 1.807) is 24.3 Å². The third kappa shape index (κ3) is 1.89. The number of nitrogens with one attached hydrogen (secondary N) is 1. The van der Waals surface area contributed by atoms with Gasteiger partial charge < -0.3 is 10.1 Å². The Kier molecular flexibility index (Phi) is 2.82. The summed E-state index contributed by atoms with van der Waals surface area (Å²) >= 11 is 0. The second-order valence-corrected chi connectivity index (χ2v) is 4.38. The third-order valence-corrected chi connectivity index (χ3v) is 3.22. The molecule has 0 bridgehead atoms. The van der Waals surface area contributed by atoms with Crippen LogP contribution in [-0.2, 0) is 0 Å². The molecule has 0 spiro atoms. The van der Waals surface area contributed by atoms with Gasteiger partial charge in [0.2, 0.25) is 0 Å². The Labute approximate surface area is 117 Å². The summed E-state index contributed by atoms with van der Waals surface area (Å²) in [6.45, 7) is 0. The van der Waals surface area contributed by atoms with Gasteiger partial charge >= 0.3 is 5.97 Å². The van der Waals surface area contributed by atoms with Crippen LogP contribution in [-0.4, -0.2) is 16.1 Å². The number of carbonyl (C=O) groups is 1. The highest BCUT2D eigenvalue weighted by Crippen LogP contribution is 2.27. The van der Waals surface area contributed by atoms with E-state index in [1.807, 2.05) is 0 Å². The van der Waals surface area contributed by atoms with Crippen molar-refractivity contribution in [3.05, 3.63) is 62.6 Å². The molecule has 2 N–H and O–H groups in total. The number of para-hydroxylation sites is 1. The number of fused-ring (bicyclic) bond motifs is 2. The average molecular weight is 280 g/mol. The summed E-state index contributed by atoms with van der Waals surface area (Å²) in [4.78, 5) is 29.5. The van der Waals surface area contributed by atoms with Gasteiger partial charge in [0.1, 0.15) is 0 Å². The Morgan fingerprint density at radius 1 is 1.24 bits per heavy atom. The molecule has 0 saturated heterocycles. The van der Waals surface area contributed by atoms with E-state index in [0.717, 1.165) is 0 Å². The minimum atomic E-state index is -1.17. The predicted molar refractivity (Wildman–Crippen MR) is 77.8 cm³/mol. The molecule has 7 heteroatoms. The molecule has 102 valence electrons. The Bertz CT molecular complexity index is 1000. The fourth-order valence-electron chi connectivity index (χ4n) is 2.32. The molecule has 0 fully saturated rings. The first-order valence-electron chi connectivity index (χ1n) is 5.99. The summed E-state index contributed by atoms with van der Waals surface area (Å²) in [7, 11) is 0. The molecule has 0 saturated carbocycles. The number of rotatable bonds is 2. The molecule has 0 radical (unpaired) electrons. The Morgan fingerprint density at radius 3 is 2.71 bits per heavy atom. The standard InChI is InChI=1S/C14H8N4O3/c15-18-17-10-6-5-8(14(20)21)12-11(10)13(19)7-3-1-2-4-9(7)16-12/h1-6H,(H,16,19)(H,20,21). The predicted octanol–water partition coefficient (Wildman–Crippen LogP) is 3.32. The quantitative estimate of drug-likeness (QED) is 0.324. The number of hydrogen-bond donors (Lipinski definition) is 2. The maximum Gasteiger partial charge on any atom is 0.337 e. The summed E-state index contributed by atoms with van der Waals surface area (Å²) in [6.07, 6.45) is 0. The van der Waals surface area contributed by atoms with Gasteiger partial charge in [-0.1, -0.05) is 23.3 Å². The van der Waals surface area contributed by atoms with Crippen molar-refractivity contribution in [2.75, 3.05) is 0 Å². The van der Waals surface area contributed by atoms with Gasteiger partial charge in [0.05, 0.1) is 22.2 Å². The normalized spacial score (nSPS) is 10.5. The largest absolute Gasteiger partial charge is 0.478 e. The number of benzene rings is 2. The monoisotopic (exact) mass is 280 g/mol. The Morgan fingerprint density at radius 2 is 2.00 bits per heavy atom. The lowest BCUT2D eigenvalue weighted by molar-refractivity contribution is 0.0699. The van der Waals surface area contributed by atoms with Crippen LogP contribution >= 0.6 is 0 Å². The van der Waals surface area contributed by atoms with Crippen LogP contribution < -0.4 is 5.43 Å². The first-order valence-corrected chi connectivity index (χ1v) is 5.99. The highest BCUT2D eigenvalue weighted by atomic mass is 16.4. The van der Waals surface area contributed by atoms with Crippen LogP contribution in [0.5, 0.6) is 0 Å². The van der Waals surface area contributed by atoms with Gasteiger partial charge in [-0.2, -0.15) is 0 Å². The number of aromatic amines is 1. The van der Waals surface area contributed by atoms with Crippen molar-refractivity contribution >= 4 is 33.5 Å². The maximum atomic E-state index is 12.6. The Balaban J connectivity index is 2.64. The number of azide groups is 1. The SMILES string of the molecule is [N-]=[N+]=Nc1ccc(C(=O)O)c2[nH]c3ccccc3c(=O)c12. The van der Waals surface area contributed by atoms with E-state index in [2.05, 4.69) is 15.0 Å². The molecule has 0 atom stereocenters. The van der Waals surface area contributed by atoms with Crippen LogP contribution in [0.25, 0.3) is 32.2 Å². The lowest BCUT2D eigenvalue weighted by atomic mass is 10.0. The fraction of sp³-hybridized carbons (Fsp3) is 0. The number of aromatic carboxylic acids is 1. The highest BCUT2D eigenvalue weighted by molar-refractivity contribution is 6.08. The van der Waals surface area contributed by atoms with Crippen LogP contribution in [0.4, 0.5) is 5.69 Å². The van der Waals surface area contributed by atoms with Crippen LogP contribution in [0.1, 0.15) is 10.4 Å². The average Bonchev–Trinajstić information content (AvgIpc) is 2.47. The summed E-state index contributed by atoms with van der Waals surface area (Å²) in [5, 5.41) is 13.2. The number of carboxylic acid groups (broad SMARTS) is 1. The molecular weight excluding hydrogens is 272 g/mol. The fourth-order valence-corrected chi connectivity index (χ4v) is 2.32. The van der Waals surface area contributed by atoms with Gasteiger partial charge in [-0.25, -0.2) is 4.79 Å². The topological polar surface area (TPSA) is 119 Å². The lowest BCUT2D eigenvalue weighted by Crippen LogP contribution is -2.08. The van der Waals surface area contributed by atoms with Gasteiger partial charge in [-0.3, -0.25) is 4.79 Å². The third-order valence-electron chi connectivity index (χ3n) is 3.22. The first kappa shape index (κ1) is 12.7. The number of H-pyrrole nitrogens is 1. The summed E-state index contributed by atoms with van der Waals surface area (Å²) in [6, 6.07) is 9.39. The minimum absolute atomic E-state index is 0.0512. The molecular formula is C14H8N4O3. The number of aromatic nitrogens is 1. The van der Waals surface area contributed by atoms with Crippen molar-refractivity contribution in [3.8, 4) is 0 Å². The van der Waals surface area contributed by atoms with Crippen molar-refractivity contribution in [2.45, 2.75) is 0 Å². The van der Waals surface area contributed by atoms with E-state index in [9.17, 15) is 14.7 Å². The Hall–Kier alpha value is -3.31. The van der Waals surface area contributed by atoms with Gasteiger partial charge in [0, 0.05) is 15.8 Å². The van der Waals surface area contributed by atoms with Gasteiger partial charge in [-0.05, 0) is 23.7 Å². The van der Waals surface area contributed by atoms with E-state index >= 15 is 0 Å². The smallest absolute Gasteiger partial charge is 0.337 e. The maximum absolute atomic E-state index is 12.6. The molecule has 2 aromatic carbocycles. The van der Waals surface area contributed by atoms with Crippen molar-refractivity contribution in [1.29, 1.82) is 0 Å². The molecule has 0 aliphatic rings. The first-order chi connectivity index (χ1) is 10.1. The minimum Gasteiger partial charge on any atom is -0.478 e. The van der Waals surface area contributed by atoms with Gasteiger partial charge in [-0.15, -0.1) is 0 Å². The molecule has 7 nitrogen and oxygen atoms in total. The zero-order valence-corrected chi connectivity index (χ0v) is 10.6. The summed E-state index contributed by atoms with van der Waals surface area (Å²) < 4.78 is 0. The molecule has 0 amide bonds. The van der Waals surface area contributed by atoms with Crippen molar-refractivity contribution in [3.63, 3.8) is 0 Å². The molecule has 0 aliphatic heterocycles. The second kappa shape index (κ2) is 4.66. The zero-order valence-electron chi connectivity index (χ0n) is 10.6. The molecule has 3 aromatic rings. The van der Waals surface area contributed by atoms with Crippen LogP contribution in [0, 0.1) is 0 Å². The van der Waals surface area contributed by atoms with E-state index in [0.29, 0.717) is 10.9 Å². The van der Waals surface area contributed by atoms with Crippen molar-refractivity contribution in [2.24, 2.45) is 5.11 Å². The van der Waals surface area contributed by atoms with Crippen LogP contribution in [0.2, 0.25) is 0 Å². The molecule has 0 aliphatic carbocycles. The van der Waals surface area contributed by atoms with E-state index in [-0.39, 0.29) is 27.6 Å². The van der Waals surface area contributed by atoms with E-state index < -0.39 is 5.97 Å². The molecule has 0 unspecified atom stereocenters. The molecule has 1 heterocycles. The van der Waals surface area contributed by atoms with Crippen molar-refractivity contribution < 1.29 is 9.90 Å². The highest BCUT2D eigenvalue weighted by Gasteiger charge is 2.15. The van der Waals surface area contributed by atoms with E-state index in [4.69, 9.17) is 5.53 Å². The van der Waals surface area contributed by atoms with E-state index in [1.165, 1.54) is 12.1 Å². The number of pyridine rings is 1. The summed E-state index contributed by atoms with van der Waals surface area (Å²) in [5.41, 5.74) is 8.94. The summed E-state index contributed by atoms with van der Waals surface area (Å²) in [5.74, 6) is -1.17. The van der Waals surface area contributed by atoms with Gasteiger partial charge in [0.25, 0.3) is 0 Å². The number of carboxylic acids is 1. The molecule has 21 heavy (non-hydrogen) atoms. The van der Waals surface area contributed by atoms with Crippen molar-refractivity contribution in [1.82, 2.24) is 4.98 Å². The van der Waals surface area contributed by atoms with Gasteiger partial charge in [0.15, 0.2) is 5.43 Å². The molecule has 1 aromatic heterocycles. The van der Waals surface area contributed by atoms with Crippen LogP contribution in [0.3, 0.4) is 0 Å². The van der Waals surface area contributed by atoms with Crippen LogP contribution in [0.15, 0.2) is 46.3 Å².